The zero-order valence-electron chi connectivity index (χ0n) is 15.7. The SMILES string of the molecule is COc1cccc(C2=NOC3(CCN(C(=O)Nc4cccc(Cl)c4)CC3)C2)c1. The summed E-state index contributed by atoms with van der Waals surface area (Å²) in [7, 11) is 1.65. The Bertz CT molecular complexity index is 907. The van der Waals surface area contributed by atoms with E-state index in [1.807, 2.05) is 36.4 Å². The topological polar surface area (TPSA) is 63.2 Å². The highest BCUT2D eigenvalue weighted by Gasteiger charge is 2.43. The lowest BCUT2D eigenvalue weighted by Crippen LogP contribution is -2.48. The molecule has 2 aliphatic rings. The summed E-state index contributed by atoms with van der Waals surface area (Å²) in [6.45, 7) is 1.24. The molecule has 0 aliphatic carbocycles. The van der Waals surface area contributed by atoms with Crippen LogP contribution in [0.25, 0.3) is 0 Å². The first-order chi connectivity index (χ1) is 13.6. The lowest BCUT2D eigenvalue weighted by molar-refractivity contribution is -0.0544. The fourth-order valence-corrected chi connectivity index (χ4v) is 3.82. The van der Waals surface area contributed by atoms with E-state index < -0.39 is 0 Å². The molecule has 2 heterocycles. The van der Waals surface area contributed by atoms with Crippen molar-refractivity contribution < 1.29 is 14.4 Å². The molecule has 1 saturated heterocycles. The van der Waals surface area contributed by atoms with Gasteiger partial charge in [-0.3, -0.25) is 0 Å². The monoisotopic (exact) mass is 399 g/mol. The number of likely N-dealkylation sites (tertiary alicyclic amines) is 1. The number of methoxy groups -OCH3 is 1. The molecule has 0 unspecified atom stereocenters. The second kappa shape index (κ2) is 7.72. The van der Waals surface area contributed by atoms with E-state index in [0.717, 1.165) is 36.3 Å². The molecule has 2 aliphatic heterocycles. The average molecular weight is 400 g/mol. The Balaban J connectivity index is 1.35. The third kappa shape index (κ3) is 3.92. The van der Waals surface area contributed by atoms with Crippen molar-refractivity contribution >= 4 is 29.0 Å². The molecule has 7 heteroatoms. The zero-order valence-corrected chi connectivity index (χ0v) is 16.4. The highest BCUT2D eigenvalue weighted by molar-refractivity contribution is 6.30. The van der Waals surface area contributed by atoms with Gasteiger partial charge in [0.1, 0.15) is 11.4 Å². The number of oxime groups is 1. The highest BCUT2D eigenvalue weighted by Crippen LogP contribution is 2.36. The molecule has 1 spiro atoms. The normalized spacial score (nSPS) is 17.8. The molecule has 146 valence electrons. The number of nitrogens with zero attached hydrogens (tertiary/aromatic N) is 2. The molecule has 4 rings (SSSR count). The summed E-state index contributed by atoms with van der Waals surface area (Å²) >= 11 is 5.98. The number of amides is 2. The summed E-state index contributed by atoms with van der Waals surface area (Å²) in [5, 5.41) is 7.83. The van der Waals surface area contributed by atoms with Crippen LogP contribution in [0, 0.1) is 0 Å². The number of piperidine rings is 1. The number of carbonyl (C=O) groups excluding carboxylic acids is 1. The van der Waals surface area contributed by atoms with E-state index in [1.54, 1.807) is 24.1 Å². The van der Waals surface area contributed by atoms with Crippen molar-refractivity contribution in [3.8, 4) is 5.75 Å². The maximum atomic E-state index is 12.5. The van der Waals surface area contributed by atoms with Gasteiger partial charge >= 0.3 is 6.03 Å². The van der Waals surface area contributed by atoms with Crippen LogP contribution in [0.5, 0.6) is 5.75 Å². The van der Waals surface area contributed by atoms with E-state index in [4.69, 9.17) is 21.2 Å². The van der Waals surface area contributed by atoms with Gasteiger partial charge in [-0.25, -0.2) is 4.79 Å². The van der Waals surface area contributed by atoms with Crippen LogP contribution >= 0.6 is 11.6 Å². The lowest BCUT2D eigenvalue weighted by atomic mass is 9.85. The zero-order chi connectivity index (χ0) is 19.6. The summed E-state index contributed by atoms with van der Waals surface area (Å²) in [5.41, 5.74) is 2.30. The van der Waals surface area contributed by atoms with Crippen LogP contribution < -0.4 is 10.1 Å². The van der Waals surface area contributed by atoms with Crippen molar-refractivity contribution in [2.75, 3.05) is 25.5 Å². The van der Waals surface area contributed by atoms with Gasteiger partial charge in [0.05, 0.1) is 12.8 Å². The third-order valence-electron chi connectivity index (χ3n) is 5.28. The quantitative estimate of drug-likeness (QED) is 0.824. The van der Waals surface area contributed by atoms with Crippen molar-refractivity contribution in [1.29, 1.82) is 0 Å². The predicted octanol–water partition coefficient (Wildman–Crippen LogP) is 4.54. The third-order valence-corrected chi connectivity index (χ3v) is 5.51. The Morgan fingerprint density at radius 3 is 2.75 bits per heavy atom. The van der Waals surface area contributed by atoms with Crippen LogP contribution in [-0.4, -0.2) is 42.4 Å². The summed E-state index contributed by atoms with van der Waals surface area (Å²) in [4.78, 5) is 20.2. The van der Waals surface area contributed by atoms with E-state index in [0.29, 0.717) is 23.8 Å². The van der Waals surface area contributed by atoms with Crippen LogP contribution in [0.4, 0.5) is 10.5 Å². The number of carbonyl (C=O) groups is 1. The molecule has 28 heavy (non-hydrogen) atoms. The molecule has 2 amide bonds. The number of anilines is 1. The van der Waals surface area contributed by atoms with Gasteiger partial charge in [-0.2, -0.15) is 0 Å². The van der Waals surface area contributed by atoms with Crippen LogP contribution in [0.3, 0.4) is 0 Å². The molecule has 0 bridgehead atoms. The minimum Gasteiger partial charge on any atom is -0.497 e. The number of halogens is 1. The number of hydrogen-bond acceptors (Lipinski definition) is 4. The first-order valence-electron chi connectivity index (χ1n) is 9.28. The molecule has 0 saturated carbocycles. The van der Waals surface area contributed by atoms with Gasteiger partial charge in [0, 0.05) is 48.6 Å². The van der Waals surface area contributed by atoms with Gasteiger partial charge in [-0.15, -0.1) is 0 Å². The molecule has 2 aromatic rings. The van der Waals surface area contributed by atoms with E-state index >= 15 is 0 Å². The van der Waals surface area contributed by atoms with E-state index in [2.05, 4.69) is 10.5 Å². The van der Waals surface area contributed by atoms with Gasteiger partial charge in [0.15, 0.2) is 0 Å². The number of hydrogen-bond donors (Lipinski definition) is 1. The largest absolute Gasteiger partial charge is 0.497 e. The van der Waals surface area contributed by atoms with Crippen molar-refractivity contribution in [3.63, 3.8) is 0 Å². The Morgan fingerprint density at radius 2 is 2.00 bits per heavy atom. The van der Waals surface area contributed by atoms with E-state index in [9.17, 15) is 4.79 Å². The van der Waals surface area contributed by atoms with E-state index in [1.165, 1.54) is 0 Å². The maximum Gasteiger partial charge on any atom is 0.321 e. The van der Waals surface area contributed by atoms with Gasteiger partial charge in [0.2, 0.25) is 0 Å². The predicted molar refractivity (Wildman–Crippen MR) is 109 cm³/mol. The van der Waals surface area contributed by atoms with Gasteiger partial charge < -0.3 is 19.8 Å². The molecule has 0 aromatic heterocycles. The van der Waals surface area contributed by atoms with E-state index in [-0.39, 0.29) is 11.6 Å². The summed E-state index contributed by atoms with van der Waals surface area (Å²) in [6, 6.07) is 14.9. The van der Waals surface area contributed by atoms with Crippen molar-refractivity contribution in [2.45, 2.75) is 24.9 Å². The van der Waals surface area contributed by atoms with Crippen LogP contribution in [0.1, 0.15) is 24.8 Å². The molecule has 0 atom stereocenters. The first-order valence-corrected chi connectivity index (χ1v) is 9.66. The lowest BCUT2D eigenvalue weighted by Gasteiger charge is -2.37. The van der Waals surface area contributed by atoms with Gasteiger partial charge in [0.25, 0.3) is 0 Å². The molecule has 2 aromatic carbocycles. The highest BCUT2D eigenvalue weighted by atomic mass is 35.5. The molecular weight excluding hydrogens is 378 g/mol. The molecule has 1 N–H and O–H groups in total. The fraction of sp³-hybridized carbons (Fsp3) is 0.333. The standard InChI is InChI=1S/C21H22ClN3O3/c1-27-18-7-2-4-15(12-18)19-14-21(28-24-19)8-10-25(11-9-21)20(26)23-17-6-3-5-16(22)13-17/h2-7,12-13H,8-11,14H2,1H3,(H,23,26). The minimum atomic E-state index is -0.328. The maximum absolute atomic E-state index is 12.5. The Kier molecular flexibility index (Phi) is 5.13. The Labute approximate surface area is 169 Å². The van der Waals surface area contributed by atoms with Crippen LogP contribution in [0.2, 0.25) is 5.02 Å². The number of benzene rings is 2. The minimum absolute atomic E-state index is 0.121. The summed E-state index contributed by atoms with van der Waals surface area (Å²) in [5.74, 6) is 0.800. The van der Waals surface area contributed by atoms with Crippen molar-refractivity contribution in [1.82, 2.24) is 4.90 Å². The molecular formula is C21H22ClN3O3. The summed E-state index contributed by atoms with van der Waals surface area (Å²) in [6.07, 6.45) is 2.23. The Morgan fingerprint density at radius 1 is 1.21 bits per heavy atom. The van der Waals surface area contributed by atoms with Crippen LogP contribution in [0.15, 0.2) is 53.7 Å². The Hall–Kier alpha value is -2.73. The van der Waals surface area contributed by atoms with Gasteiger partial charge in [-0.05, 0) is 30.3 Å². The second-order valence-corrected chi connectivity index (χ2v) is 7.58. The second-order valence-electron chi connectivity index (χ2n) is 7.15. The number of nitrogens with one attached hydrogen (secondary N) is 1. The molecule has 0 radical (unpaired) electrons. The smallest absolute Gasteiger partial charge is 0.321 e. The molecule has 6 nitrogen and oxygen atoms in total. The first kappa shape index (κ1) is 18.6. The average Bonchev–Trinajstić information content (AvgIpc) is 3.12. The number of rotatable bonds is 3. The fourth-order valence-electron chi connectivity index (χ4n) is 3.63. The van der Waals surface area contributed by atoms with Crippen LogP contribution in [-0.2, 0) is 4.84 Å². The molecule has 1 fully saturated rings. The van der Waals surface area contributed by atoms with Gasteiger partial charge in [-0.1, -0.05) is 35.0 Å². The van der Waals surface area contributed by atoms with Crippen molar-refractivity contribution in [3.05, 3.63) is 59.1 Å². The summed E-state index contributed by atoms with van der Waals surface area (Å²) < 4.78 is 5.29. The number of urea groups is 1. The number of ether oxygens (including phenoxy) is 1. The van der Waals surface area contributed by atoms with Crippen molar-refractivity contribution in [2.24, 2.45) is 5.16 Å².